The van der Waals surface area contributed by atoms with Gasteiger partial charge < -0.3 is 184 Å². The van der Waals surface area contributed by atoms with Gasteiger partial charge in [-0.1, -0.05) is 167 Å². The Balaban J connectivity index is 1.07. The lowest BCUT2D eigenvalue weighted by atomic mass is 9.93. The van der Waals surface area contributed by atoms with Gasteiger partial charge in [0.1, 0.15) is 165 Å². The summed E-state index contributed by atoms with van der Waals surface area (Å²) in [5.74, 6) is -2.19. The summed E-state index contributed by atoms with van der Waals surface area (Å²) in [6.45, 7) is 0.838. The second kappa shape index (κ2) is 53.6. The van der Waals surface area contributed by atoms with Gasteiger partial charge in [0.25, 0.3) is 0 Å². The first-order valence-corrected chi connectivity index (χ1v) is 43.3. The molecule has 0 spiro atoms. The average Bonchev–Trinajstić information content (AvgIpc) is 0.760. The molecule has 0 radical (unpaired) electrons. The van der Waals surface area contributed by atoms with Crippen molar-refractivity contribution in [1.82, 2.24) is 16.0 Å². The molecule has 7 aliphatic rings. The Morgan fingerprint density at radius 1 is 0.342 bits per heavy atom. The van der Waals surface area contributed by atoms with Crippen LogP contribution in [0.25, 0.3) is 0 Å². The number of aliphatic hydroxyl groups excluding tert-OH is 20. The maximum atomic E-state index is 13.6. The molecule has 40 nitrogen and oxygen atoms in total. The summed E-state index contributed by atoms with van der Waals surface area (Å²) in [5.41, 5.74) is 0. The van der Waals surface area contributed by atoms with Gasteiger partial charge in [-0.2, -0.15) is 0 Å². The van der Waals surface area contributed by atoms with Crippen LogP contribution in [0.2, 0.25) is 0 Å². The highest BCUT2D eigenvalue weighted by Gasteiger charge is 2.60. The first-order chi connectivity index (χ1) is 57.5. The molecule has 0 aliphatic carbocycles. The number of unbranched alkanes of at least 4 members (excludes halogenated alkanes) is 23. The molecule has 0 aromatic rings. The van der Waals surface area contributed by atoms with Crippen molar-refractivity contribution < 1.29 is 183 Å². The zero-order valence-corrected chi connectivity index (χ0v) is 69.7. The van der Waals surface area contributed by atoms with E-state index in [1.165, 1.54) is 103 Å². The van der Waals surface area contributed by atoms with Gasteiger partial charge in [-0.25, -0.2) is 0 Å². The van der Waals surface area contributed by atoms with Crippen LogP contribution in [0.1, 0.15) is 202 Å². The van der Waals surface area contributed by atoms with Crippen molar-refractivity contribution in [2.45, 2.75) is 429 Å². The van der Waals surface area contributed by atoms with Crippen molar-refractivity contribution in [3.63, 3.8) is 0 Å². The van der Waals surface area contributed by atoms with Crippen LogP contribution in [0.15, 0.2) is 12.2 Å². The van der Waals surface area contributed by atoms with E-state index < -0.39 is 285 Å². The number of nitrogens with one attached hydrogen (secondary N) is 3. The largest absolute Gasteiger partial charge is 0.394 e. The van der Waals surface area contributed by atoms with Gasteiger partial charge in [0.2, 0.25) is 17.7 Å². The van der Waals surface area contributed by atoms with Crippen molar-refractivity contribution >= 4 is 17.7 Å². The van der Waals surface area contributed by atoms with Crippen molar-refractivity contribution in [1.29, 1.82) is 0 Å². The van der Waals surface area contributed by atoms with Gasteiger partial charge in [0.15, 0.2) is 44.0 Å². The molecule has 7 fully saturated rings. The van der Waals surface area contributed by atoms with Crippen LogP contribution in [-0.2, 0) is 80.7 Å². The number of hydrogen-bond acceptors (Lipinski definition) is 37. The van der Waals surface area contributed by atoms with Crippen LogP contribution < -0.4 is 16.0 Å². The highest BCUT2D eigenvalue weighted by atomic mass is 16.8. The molecule has 7 aliphatic heterocycles. The minimum atomic E-state index is -2.26. The molecule has 0 bridgehead atoms. The van der Waals surface area contributed by atoms with Gasteiger partial charge in [-0.05, 0) is 26.2 Å². The topological polar surface area (TPSA) is 621 Å². The minimum Gasteiger partial charge on any atom is -0.394 e. The molecular formula is C80H143N3O37. The van der Waals surface area contributed by atoms with E-state index >= 15 is 0 Å². The number of aliphatic hydroxyl groups is 20. The third-order valence-electron chi connectivity index (χ3n) is 23.3. The van der Waals surface area contributed by atoms with Crippen LogP contribution >= 0.6 is 0 Å². The lowest BCUT2D eigenvalue weighted by molar-refractivity contribution is -0.404. The van der Waals surface area contributed by atoms with Crippen molar-refractivity contribution in [2.75, 3.05) is 46.2 Å². The zero-order chi connectivity index (χ0) is 87.9. The highest BCUT2D eigenvalue weighted by molar-refractivity contribution is 5.76. The van der Waals surface area contributed by atoms with Gasteiger partial charge in [-0.15, -0.1) is 0 Å². The normalized spacial score (nSPS) is 39.4. The van der Waals surface area contributed by atoms with Gasteiger partial charge in [0, 0.05) is 20.3 Å². The summed E-state index contributed by atoms with van der Waals surface area (Å²) < 4.78 is 84.5. The number of hydrogen-bond donors (Lipinski definition) is 23. The van der Waals surface area contributed by atoms with Gasteiger partial charge in [-0.3, -0.25) is 14.4 Å². The molecule has 7 saturated heterocycles. The fourth-order valence-electron chi connectivity index (χ4n) is 16.1. The fraction of sp³-hybridized carbons (Fsp3) is 0.938. The molecule has 0 saturated carbocycles. The predicted octanol–water partition coefficient (Wildman–Crippen LogP) is -4.35. The Kier molecular flexibility index (Phi) is 46.3. The molecule has 120 heavy (non-hydrogen) atoms. The quantitative estimate of drug-likeness (QED) is 0.0202. The average molecular weight is 1740 g/mol. The number of ether oxygens (including phenoxy) is 14. The van der Waals surface area contributed by atoms with Crippen LogP contribution in [0.4, 0.5) is 0 Å². The molecule has 0 aromatic carbocycles. The van der Waals surface area contributed by atoms with E-state index in [2.05, 4.69) is 29.8 Å². The van der Waals surface area contributed by atoms with Gasteiger partial charge >= 0.3 is 0 Å². The first-order valence-electron chi connectivity index (χ1n) is 43.3. The molecule has 23 N–H and O–H groups in total. The smallest absolute Gasteiger partial charge is 0.220 e. The first kappa shape index (κ1) is 104. The molecular weight excluding hydrogens is 1590 g/mol. The number of carbonyl (C=O) groups excluding carboxylic acids is 3. The van der Waals surface area contributed by atoms with E-state index in [9.17, 15) is 117 Å². The van der Waals surface area contributed by atoms with Crippen molar-refractivity contribution in [3.05, 3.63) is 12.2 Å². The Morgan fingerprint density at radius 3 is 1.22 bits per heavy atom. The van der Waals surface area contributed by atoms with E-state index in [0.29, 0.717) is 12.8 Å². The monoisotopic (exact) mass is 1740 g/mol. The Morgan fingerprint density at radius 2 is 0.700 bits per heavy atom. The lowest BCUT2D eigenvalue weighted by Gasteiger charge is -2.52. The molecule has 37 atom stereocenters. The zero-order valence-electron chi connectivity index (χ0n) is 69.7. The third-order valence-corrected chi connectivity index (χ3v) is 23.3. The number of rotatable bonds is 52. The van der Waals surface area contributed by atoms with E-state index in [1.807, 2.05) is 6.08 Å². The molecule has 14 unspecified atom stereocenters. The second-order valence-electron chi connectivity index (χ2n) is 32.7. The van der Waals surface area contributed by atoms with Crippen molar-refractivity contribution in [2.24, 2.45) is 0 Å². The van der Waals surface area contributed by atoms with Crippen LogP contribution in [0.3, 0.4) is 0 Å². The number of carbonyl (C=O) groups is 3. The second-order valence-corrected chi connectivity index (χ2v) is 32.7. The maximum Gasteiger partial charge on any atom is 0.220 e. The SMILES string of the molecule is CCCCCCCCCCCCC/C=C/[C@@H](O)[C@H](CO[C@@H]1OC(CO)[C@@H](O[C@@H]2OC(CO)[C@H](O)[C@H](O[C@@H]3OC(CO)[C@@H](O[C@@H]4OC(CO)[C@H](O)[C@H](O[C@H]5OC(CO)[C@H](O)[C@H](O[C@@H]6OC(CO)[C@H](O)[C@H](O)C6O)C5NC(C)=O)C4O[C@H]4OC(C)[C@@H](O)C(O)[C@@H]4O)[C@H](O)C3NC(C)=O)C2O)[C@H](O)C1O)NC(=O)CCCCCCCCCCCCCCC. The molecule has 0 aromatic heterocycles. The van der Waals surface area contributed by atoms with E-state index in [-0.39, 0.29) is 12.3 Å². The van der Waals surface area contributed by atoms with Crippen LogP contribution in [0.5, 0.6) is 0 Å². The van der Waals surface area contributed by atoms with Gasteiger partial charge in [0.05, 0.1) is 64.5 Å². The minimum absolute atomic E-state index is 0.158. The summed E-state index contributed by atoms with van der Waals surface area (Å²) in [6.07, 6.45) is -35.4. The Hall–Kier alpha value is -3.21. The maximum absolute atomic E-state index is 13.6. The summed E-state index contributed by atoms with van der Waals surface area (Å²) in [6, 6.07) is -4.90. The standard InChI is InChI=1S/C80H143N3O37/c1-6-8-10-12-14-16-18-20-22-24-26-28-30-32-45(92)44(83-52(93)33-31-29-27-25-23-21-19-17-15-13-11-9-7-2)40-107-76-66(105)63(102)69(51(39-89)114-76)115-79-67(106)71(58(97)48(36-86)111-79)118-74-53(81-42(4)90)60(99)68(50(38-88)113-74)116-80-73(120-77-64(103)61(100)55(94)41(3)108-77)72(59(98)49(37-87)112-80)119-75-54(82-43(5)91)70(57(96)47(35-85)109-75)117-78-65(104)62(101)56(95)46(34-84)110-78/h30,32,41,44-51,53-80,84-89,92,94-106H,6-29,31,33-40H2,1-5H3,(H,81,90)(H,82,91)(H,83,93)/b32-30+/t41?,44-,45+,46?,47?,48?,49?,50?,51?,53?,54?,55+,56-,57-,58-,59-,60+,61?,62-,63+,64-,65?,66?,67?,68+,69+,70+,71-,72-,73?,74-,75+,76+,77+,78-,79-,80-/m0/s1. The molecule has 7 rings (SSSR count). The van der Waals surface area contributed by atoms with Crippen LogP contribution in [-0.4, -0.2) is 393 Å². The Labute approximate surface area is 700 Å². The number of amides is 3. The fourth-order valence-corrected chi connectivity index (χ4v) is 16.1. The van der Waals surface area contributed by atoms with Crippen molar-refractivity contribution in [3.8, 4) is 0 Å². The van der Waals surface area contributed by atoms with E-state index in [0.717, 1.165) is 65.2 Å². The summed E-state index contributed by atoms with van der Waals surface area (Å²) in [7, 11) is 0. The summed E-state index contributed by atoms with van der Waals surface area (Å²) >= 11 is 0. The highest BCUT2D eigenvalue weighted by Crippen LogP contribution is 2.40. The molecule has 7 heterocycles. The summed E-state index contributed by atoms with van der Waals surface area (Å²) in [5, 5.41) is 233. The van der Waals surface area contributed by atoms with Crippen LogP contribution in [0, 0.1) is 0 Å². The Bertz CT molecular complexity index is 2870. The molecule has 700 valence electrons. The third kappa shape index (κ3) is 29.7. The molecule has 40 heteroatoms. The lowest BCUT2D eigenvalue weighted by Crippen LogP contribution is -2.71. The summed E-state index contributed by atoms with van der Waals surface area (Å²) in [4.78, 5) is 39.9. The predicted molar refractivity (Wildman–Crippen MR) is 416 cm³/mol. The number of allylic oxidation sites excluding steroid dienone is 1. The molecule has 3 amide bonds. The van der Waals surface area contributed by atoms with E-state index in [1.54, 1.807) is 6.08 Å². The van der Waals surface area contributed by atoms with E-state index in [4.69, 9.17) is 66.3 Å².